The highest BCUT2D eigenvalue weighted by Gasteiger charge is 2.26. The molecule has 1 heterocycles. The molecule has 142 valence electrons. The van der Waals surface area contributed by atoms with E-state index >= 15 is 0 Å². The van der Waals surface area contributed by atoms with Crippen LogP contribution in [0.4, 0.5) is 10.7 Å². The molecule has 2 amide bonds. The predicted octanol–water partition coefficient (Wildman–Crippen LogP) is 2.42. The second kappa shape index (κ2) is 8.41. The number of nitrogens with one attached hydrogen (secondary N) is 1. The average molecular weight is 391 g/mol. The van der Waals surface area contributed by atoms with E-state index in [2.05, 4.69) is 5.32 Å². The van der Waals surface area contributed by atoms with Crippen LogP contribution in [0, 0.1) is 17.0 Å². The lowest BCUT2D eigenvalue weighted by atomic mass is 10.1. The number of esters is 1. The smallest absolute Gasteiger partial charge is 0.341 e. The summed E-state index contributed by atoms with van der Waals surface area (Å²) in [6.45, 7) is 3.27. The molecule has 0 radical (unpaired) electrons. The molecule has 9 nitrogen and oxygen atoms in total. The van der Waals surface area contributed by atoms with Crippen molar-refractivity contribution in [2.45, 2.75) is 20.3 Å². The Hall–Kier alpha value is -3.27. The summed E-state index contributed by atoms with van der Waals surface area (Å²) in [5.74, 6) is -2.01. The first-order valence-electron chi connectivity index (χ1n) is 7.88. The number of nitro groups is 1. The third-order valence-electron chi connectivity index (χ3n) is 3.64. The van der Waals surface area contributed by atoms with Crippen molar-refractivity contribution in [3.63, 3.8) is 0 Å². The Kier molecular flexibility index (Phi) is 6.24. The molecule has 27 heavy (non-hydrogen) atoms. The summed E-state index contributed by atoms with van der Waals surface area (Å²) < 4.78 is 4.97. The van der Waals surface area contributed by atoms with Crippen molar-refractivity contribution in [1.82, 2.24) is 0 Å². The summed E-state index contributed by atoms with van der Waals surface area (Å²) in [4.78, 5) is 46.7. The normalized spacial score (nSPS) is 10.3. The standard InChI is InChI=1S/C17H17N3O6S/c1-3-26-17(23)13-9(2)14(15(18)22)27-16(13)19-12(21)8-10-6-4-5-7-11(10)20(24)25/h4-7H,3,8H2,1-2H3,(H2,18,22)(H,19,21). The number of para-hydroxylation sites is 1. The highest BCUT2D eigenvalue weighted by atomic mass is 32.1. The maximum Gasteiger partial charge on any atom is 0.341 e. The Bertz CT molecular complexity index is 921. The first-order valence-corrected chi connectivity index (χ1v) is 8.70. The van der Waals surface area contributed by atoms with Gasteiger partial charge in [-0.1, -0.05) is 18.2 Å². The second-order valence-corrected chi connectivity index (χ2v) is 6.48. The SMILES string of the molecule is CCOC(=O)c1c(NC(=O)Cc2ccccc2[N+](=O)[O-])sc(C(N)=O)c1C. The molecule has 0 spiro atoms. The number of nitro benzene ring substituents is 1. The topological polar surface area (TPSA) is 142 Å². The van der Waals surface area contributed by atoms with Gasteiger partial charge in [-0.2, -0.15) is 0 Å². The van der Waals surface area contributed by atoms with Crippen LogP contribution in [-0.4, -0.2) is 29.3 Å². The monoisotopic (exact) mass is 391 g/mol. The number of nitrogens with zero attached hydrogens (tertiary/aromatic N) is 1. The fourth-order valence-corrected chi connectivity index (χ4v) is 3.53. The van der Waals surface area contributed by atoms with E-state index in [4.69, 9.17) is 10.5 Å². The van der Waals surface area contributed by atoms with Crippen LogP contribution in [0.5, 0.6) is 0 Å². The molecule has 1 aromatic carbocycles. The molecule has 0 saturated heterocycles. The molecule has 0 aliphatic carbocycles. The molecule has 0 aliphatic rings. The molecule has 0 aliphatic heterocycles. The van der Waals surface area contributed by atoms with Crippen LogP contribution in [0.2, 0.25) is 0 Å². The van der Waals surface area contributed by atoms with Gasteiger partial charge in [0.05, 0.1) is 28.4 Å². The summed E-state index contributed by atoms with van der Waals surface area (Å²) in [5.41, 5.74) is 5.71. The zero-order chi connectivity index (χ0) is 20.1. The van der Waals surface area contributed by atoms with E-state index in [0.29, 0.717) is 5.56 Å². The highest BCUT2D eigenvalue weighted by Crippen LogP contribution is 2.33. The number of anilines is 1. The van der Waals surface area contributed by atoms with Crippen molar-refractivity contribution in [1.29, 1.82) is 0 Å². The van der Waals surface area contributed by atoms with Crippen molar-refractivity contribution in [2.75, 3.05) is 11.9 Å². The van der Waals surface area contributed by atoms with Crippen LogP contribution in [0.3, 0.4) is 0 Å². The van der Waals surface area contributed by atoms with Crippen molar-refractivity contribution < 1.29 is 24.0 Å². The number of rotatable bonds is 7. The van der Waals surface area contributed by atoms with Crippen molar-refractivity contribution in [2.24, 2.45) is 5.73 Å². The second-order valence-electron chi connectivity index (χ2n) is 5.46. The molecular weight excluding hydrogens is 374 g/mol. The number of primary amides is 1. The summed E-state index contributed by atoms with van der Waals surface area (Å²) in [7, 11) is 0. The average Bonchev–Trinajstić information content (AvgIpc) is 2.91. The van der Waals surface area contributed by atoms with Gasteiger partial charge in [0.15, 0.2) is 0 Å². The zero-order valence-electron chi connectivity index (χ0n) is 14.6. The molecule has 2 aromatic rings. The van der Waals surface area contributed by atoms with Crippen LogP contribution in [0.25, 0.3) is 0 Å². The molecule has 0 atom stereocenters. The Morgan fingerprint density at radius 2 is 1.96 bits per heavy atom. The first-order chi connectivity index (χ1) is 12.8. The third-order valence-corrected chi connectivity index (χ3v) is 4.86. The Morgan fingerprint density at radius 1 is 1.30 bits per heavy atom. The minimum Gasteiger partial charge on any atom is -0.462 e. The largest absolute Gasteiger partial charge is 0.462 e. The lowest BCUT2D eigenvalue weighted by molar-refractivity contribution is -0.385. The van der Waals surface area contributed by atoms with Gasteiger partial charge in [-0.25, -0.2) is 4.79 Å². The fraction of sp³-hybridized carbons (Fsp3) is 0.235. The van der Waals surface area contributed by atoms with E-state index < -0.39 is 22.7 Å². The minimum atomic E-state index is -0.734. The summed E-state index contributed by atoms with van der Waals surface area (Å²) in [6.07, 6.45) is -0.276. The third kappa shape index (κ3) is 4.47. The number of benzene rings is 1. The number of thiophene rings is 1. The zero-order valence-corrected chi connectivity index (χ0v) is 15.4. The van der Waals surface area contributed by atoms with E-state index in [0.717, 1.165) is 11.3 Å². The number of ether oxygens (including phenoxy) is 1. The molecule has 0 fully saturated rings. The molecule has 2 rings (SSSR count). The van der Waals surface area contributed by atoms with Crippen molar-refractivity contribution >= 4 is 39.8 Å². The molecule has 10 heteroatoms. The van der Waals surface area contributed by atoms with Gasteiger partial charge < -0.3 is 15.8 Å². The maximum absolute atomic E-state index is 12.4. The Morgan fingerprint density at radius 3 is 2.56 bits per heavy atom. The van der Waals surface area contributed by atoms with Gasteiger partial charge in [-0.05, 0) is 19.4 Å². The molecule has 0 unspecified atom stereocenters. The maximum atomic E-state index is 12.4. The lowest BCUT2D eigenvalue weighted by Crippen LogP contribution is -2.17. The predicted molar refractivity (Wildman–Crippen MR) is 99.0 cm³/mol. The van der Waals surface area contributed by atoms with E-state index in [9.17, 15) is 24.5 Å². The quantitative estimate of drug-likeness (QED) is 0.422. The van der Waals surface area contributed by atoms with Crippen LogP contribution in [0.15, 0.2) is 24.3 Å². The molecule has 0 saturated carbocycles. The number of carbonyl (C=O) groups is 3. The van der Waals surface area contributed by atoms with Gasteiger partial charge in [-0.15, -0.1) is 11.3 Å². The Balaban J connectivity index is 2.32. The van der Waals surface area contributed by atoms with Gasteiger partial charge in [0.2, 0.25) is 5.91 Å². The van der Waals surface area contributed by atoms with E-state index in [-0.39, 0.29) is 39.7 Å². The van der Waals surface area contributed by atoms with Gasteiger partial charge >= 0.3 is 5.97 Å². The summed E-state index contributed by atoms with van der Waals surface area (Å²) >= 11 is 0.857. The van der Waals surface area contributed by atoms with Crippen molar-refractivity contribution in [3.05, 3.63) is 55.9 Å². The number of amides is 2. The number of nitrogens with two attached hydrogens (primary N) is 1. The van der Waals surface area contributed by atoms with E-state index in [1.807, 2.05) is 0 Å². The van der Waals surface area contributed by atoms with Crippen LogP contribution in [0.1, 0.15) is 38.1 Å². The molecular formula is C17H17N3O6S. The fourth-order valence-electron chi connectivity index (χ4n) is 2.47. The highest BCUT2D eigenvalue weighted by molar-refractivity contribution is 7.18. The van der Waals surface area contributed by atoms with Crippen LogP contribution >= 0.6 is 11.3 Å². The number of carbonyl (C=O) groups excluding carboxylic acids is 3. The number of hydrogen-bond donors (Lipinski definition) is 2. The first kappa shape index (κ1) is 20.0. The number of hydrogen-bond acceptors (Lipinski definition) is 7. The minimum absolute atomic E-state index is 0.0477. The van der Waals surface area contributed by atoms with Gasteiger partial charge in [-0.3, -0.25) is 19.7 Å². The van der Waals surface area contributed by atoms with Gasteiger partial charge in [0, 0.05) is 11.6 Å². The molecule has 3 N–H and O–H groups in total. The Labute approximate surface area is 158 Å². The lowest BCUT2D eigenvalue weighted by Gasteiger charge is -2.07. The van der Waals surface area contributed by atoms with E-state index in [1.165, 1.54) is 25.1 Å². The summed E-state index contributed by atoms with van der Waals surface area (Å²) in [6, 6.07) is 5.85. The van der Waals surface area contributed by atoms with Gasteiger partial charge in [0.25, 0.3) is 11.6 Å². The van der Waals surface area contributed by atoms with Crippen molar-refractivity contribution in [3.8, 4) is 0 Å². The summed E-state index contributed by atoms with van der Waals surface area (Å²) in [5, 5.41) is 13.7. The van der Waals surface area contributed by atoms with Gasteiger partial charge in [0.1, 0.15) is 5.00 Å². The van der Waals surface area contributed by atoms with E-state index in [1.54, 1.807) is 13.0 Å². The molecule has 1 aromatic heterocycles. The molecule has 0 bridgehead atoms. The van der Waals surface area contributed by atoms with Crippen LogP contribution in [-0.2, 0) is 16.0 Å². The van der Waals surface area contributed by atoms with Crippen LogP contribution < -0.4 is 11.1 Å².